The first-order valence-electron chi connectivity index (χ1n) is 3.66. The topological polar surface area (TPSA) is 46.3 Å². The lowest BCUT2D eigenvalue weighted by molar-refractivity contribution is 0.475. The fraction of sp³-hybridized carbons (Fsp3) is 0. The van der Waals surface area contributed by atoms with Crippen LogP contribution in [-0.2, 0) is 0 Å². The van der Waals surface area contributed by atoms with Gasteiger partial charge in [0.2, 0.25) is 11.1 Å². The van der Waals surface area contributed by atoms with Crippen LogP contribution in [0.1, 0.15) is 0 Å². The molecule has 0 amide bonds. The number of hydrogen-bond donors (Lipinski definition) is 1. The van der Waals surface area contributed by atoms with E-state index in [1.807, 2.05) is 0 Å². The quantitative estimate of drug-likeness (QED) is 0.761. The molecule has 1 N–H and O–H groups in total. The SMILES string of the molecule is Oc1cccc(-c2ncc(Cl)o2)c1. The third-order valence-corrected chi connectivity index (χ3v) is 1.75. The molecule has 2 aromatic rings. The van der Waals surface area contributed by atoms with Crippen LogP contribution in [-0.4, -0.2) is 10.1 Å². The van der Waals surface area contributed by atoms with Crippen LogP contribution < -0.4 is 0 Å². The molecule has 0 aliphatic rings. The van der Waals surface area contributed by atoms with Crippen LogP contribution in [0.3, 0.4) is 0 Å². The predicted octanol–water partition coefficient (Wildman–Crippen LogP) is 2.70. The molecular weight excluding hydrogens is 190 g/mol. The van der Waals surface area contributed by atoms with Crippen molar-refractivity contribution < 1.29 is 9.52 Å². The first-order chi connectivity index (χ1) is 6.25. The summed E-state index contributed by atoms with van der Waals surface area (Å²) in [5.41, 5.74) is 0.701. The summed E-state index contributed by atoms with van der Waals surface area (Å²) in [6.07, 6.45) is 1.42. The number of aromatic hydroxyl groups is 1. The standard InChI is InChI=1S/C9H6ClNO2/c10-8-5-11-9(13-8)6-2-1-3-7(12)4-6/h1-5,12H. The van der Waals surface area contributed by atoms with Crippen LogP contribution in [0.15, 0.2) is 34.9 Å². The maximum absolute atomic E-state index is 9.18. The van der Waals surface area contributed by atoms with E-state index in [4.69, 9.17) is 16.0 Å². The van der Waals surface area contributed by atoms with Gasteiger partial charge in [0.1, 0.15) is 5.75 Å². The van der Waals surface area contributed by atoms with Gasteiger partial charge in [-0.05, 0) is 29.8 Å². The molecule has 0 aliphatic heterocycles. The number of oxazole rings is 1. The van der Waals surface area contributed by atoms with Gasteiger partial charge in [0.05, 0.1) is 6.20 Å². The van der Waals surface area contributed by atoms with Crippen molar-refractivity contribution in [3.8, 4) is 17.2 Å². The first-order valence-corrected chi connectivity index (χ1v) is 4.04. The molecule has 3 nitrogen and oxygen atoms in total. The minimum absolute atomic E-state index is 0.173. The van der Waals surface area contributed by atoms with E-state index in [-0.39, 0.29) is 11.0 Å². The van der Waals surface area contributed by atoms with Crippen molar-refractivity contribution in [2.24, 2.45) is 0 Å². The average Bonchev–Trinajstić information content (AvgIpc) is 2.52. The maximum atomic E-state index is 9.18. The van der Waals surface area contributed by atoms with Crippen molar-refractivity contribution in [3.05, 3.63) is 35.7 Å². The number of phenolic OH excluding ortho intramolecular Hbond substituents is 1. The Bertz CT molecular complexity index is 425. The summed E-state index contributed by atoms with van der Waals surface area (Å²) in [4.78, 5) is 3.92. The molecule has 1 aromatic heterocycles. The van der Waals surface area contributed by atoms with Crippen molar-refractivity contribution >= 4 is 11.6 Å². The molecule has 0 unspecified atom stereocenters. The molecule has 1 aromatic carbocycles. The number of hydrogen-bond acceptors (Lipinski definition) is 3. The van der Waals surface area contributed by atoms with Gasteiger partial charge in [0.15, 0.2) is 0 Å². The Morgan fingerprint density at radius 1 is 1.38 bits per heavy atom. The van der Waals surface area contributed by atoms with Crippen LogP contribution in [0.25, 0.3) is 11.5 Å². The van der Waals surface area contributed by atoms with E-state index in [1.54, 1.807) is 24.3 Å². The van der Waals surface area contributed by atoms with Crippen LogP contribution in [0.4, 0.5) is 0 Å². The van der Waals surface area contributed by atoms with Crippen LogP contribution in [0.5, 0.6) is 5.75 Å². The van der Waals surface area contributed by atoms with Crippen molar-refractivity contribution in [3.63, 3.8) is 0 Å². The molecule has 66 valence electrons. The Labute approximate surface area is 79.6 Å². The minimum Gasteiger partial charge on any atom is -0.508 e. The molecule has 0 saturated carbocycles. The fourth-order valence-corrected chi connectivity index (χ4v) is 1.15. The lowest BCUT2D eigenvalue weighted by atomic mass is 10.2. The smallest absolute Gasteiger partial charge is 0.228 e. The summed E-state index contributed by atoms with van der Waals surface area (Å²) in [5.74, 6) is 0.577. The van der Waals surface area contributed by atoms with E-state index in [2.05, 4.69) is 4.98 Å². The molecule has 0 saturated heterocycles. The first kappa shape index (κ1) is 8.13. The highest BCUT2D eigenvalue weighted by atomic mass is 35.5. The van der Waals surface area contributed by atoms with Crippen molar-refractivity contribution in [2.75, 3.05) is 0 Å². The Hall–Kier alpha value is -1.48. The molecule has 0 bridgehead atoms. The van der Waals surface area contributed by atoms with Crippen LogP contribution in [0.2, 0.25) is 5.22 Å². The summed E-state index contributed by atoms with van der Waals surface area (Å²) in [5, 5.41) is 9.41. The van der Waals surface area contributed by atoms with Crippen LogP contribution in [0, 0.1) is 0 Å². The van der Waals surface area contributed by atoms with Gasteiger partial charge < -0.3 is 9.52 Å². The summed E-state index contributed by atoms with van der Waals surface area (Å²) in [6.45, 7) is 0. The van der Waals surface area contributed by atoms with Gasteiger partial charge in [-0.25, -0.2) is 4.98 Å². The second-order valence-electron chi connectivity index (χ2n) is 2.52. The van der Waals surface area contributed by atoms with Crippen LogP contribution >= 0.6 is 11.6 Å². The Balaban J connectivity index is 2.46. The summed E-state index contributed by atoms with van der Waals surface area (Å²) in [7, 11) is 0. The zero-order valence-corrected chi connectivity index (χ0v) is 7.32. The number of nitrogens with zero attached hydrogens (tertiary/aromatic N) is 1. The number of benzene rings is 1. The van der Waals surface area contributed by atoms with E-state index in [1.165, 1.54) is 6.20 Å². The molecule has 0 radical (unpaired) electrons. The Morgan fingerprint density at radius 2 is 2.23 bits per heavy atom. The largest absolute Gasteiger partial charge is 0.508 e. The second kappa shape index (κ2) is 3.11. The number of rotatable bonds is 1. The van der Waals surface area contributed by atoms with E-state index < -0.39 is 0 Å². The molecule has 4 heteroatoms. The minimum atomic E-state index is 0.173. The highest BCUT2D eigenvalue weighted by Crippen LogP contribution is 2.24. The third kappa shape index (κ3) is 1.65. The maximum Gasteiger partial charge on any atom is 0.228 e. The summed E-state index contributed by atoms with van der Waals surface area (Å²) < 4.78 is 5.07. The van der Waals surface area contributed by atoms with E-state index in [0.717, 1.165) is 0 Å². The van der Waals surface area contributed by atoms with Crippen molar-refractivity contribution in [1.29, 1.82) is 0 Å². The highest BCUT2D eigenvalue weighted by molar-refractivity contribution is 6.28. The monoisotopic (exact) mass is 195 g/mol. The summed E-state index contributed by atoms with van der Waals surface area (Å²) in [6, 6.07) is 6.63. The molecule has 2 rings (SSSR count). The van der Waals surface area contributed by atoms with Gasteiger partial charge in [-0.15, -0.1) is 0 Å². The zero-order chi connectivity index (χ0) is 9.26. The molecule has 0 atom stereocenters. The molecular formula is C9H6ClNO2. The van der Waals surface area contributed by atoms with Gasteiger partial charge in [0.25, 0.3) is 0 Å². The lowest BCUT2D eigenvalue weighted by Crippen LogP contribution is -1.75. The normalized spacial score (nSPS) is 10.2. The van der Waals surface area contributed by atoms with Gasteiger partial charge in [0, 0.05) is 5.56 Å². The molecule has 1 heterocycles. The zero-order valence-electron chi connectivity index (χ0n) is 6.57. The molecule has 0 fully saturated rings. The fourth-order valence-electron chi connectivity index (χ4n) is 1.03. The van der Waals surface area contributed by atoms with E-state index in [0.29, 0.717) is 11.5 Å². The highest BCUT2D eigenvalue weighted by Gasteiger charge is 2.04. The second-order valence-corrected chi connectivity index (χ2v) is 2.89. The van der Waals surface area contributed by atoms with Crippen molar-refractivity contribution in [2.45, 2.75) is 0 Å². The number of halogens is 1. The van der Waals surface area contributed by atoms with Gasteiger partial charge >= 0.3 is 0 Å². The molecule has 0 aliphatic carbocycles. The van der Waals surface area contributed by atoms with E-state index in [9.17, 15) is 5.11 Å². The predicted molar refractivity (Wildman–Crippen MR) is 48.6 cm³/mol. The number of aromatic nitrogens is 1. The molecule has 13 heavy (non-hydrogen) atoms. The lowest BCUT2D eigenvalue weighted by Gasteiger charge is -1.95. The van der Waals surface area contributed by atoms with E-state index >= 15 is 0 Å². The molecule has 0 spiro atoms. The van der Waals surface area contributed by atoms with Gasteiger partial charge in [-0.3, -0.25) is 0 Å². The average molecular weight is 196 g/mol. The number of phenols is 1. The van der Waals surface area contributed by atoms with Crippen molar-refractivity contribution in [1.82, 2.24) is 4.98 Å². The Kier molecular flexibility index (Phi) is 1.94. The van der Waals surface area contributed by atoms with Gasteiger partial charge in [-0.2, -0.15) is 0 Å². The Morgan fingerprint density at radius 3 is 2.85 bits per heavy atom. The third-order valence-electron chi connectivity index (χ3n) is 1.57. The summed E-state index contributed by atoms with van der Waals surface area (Å²) >= 11 is 5.56. The van der Waals surface area contributed by atoms with Gasteiger partial charge in [-0.1, -0.05) is 6.07 Å².